The largest absolute Gasteiger partial charge is 0.502 e. The molecule has 5 nitrogen and oxygen atoms in total. The molecule has 0 aromatic rings. The van der Waals surface area contributed by atoms with Gasteiger partial charge in [-0.3, -0.25) is 0 Å². The minimum Gasteiger partial charge on any atom is -0.436 e. The number of unbranched alkanes of at least 4 members (excludes halogenated alkanes) is 6. The Bertz CT molecular complexity index is 345. The van der Waals surface area contributed by atoms with Crippen molar-refractivity contribution in [2.24, 2.45) is 5.92 Å². The molecule has 0 saturated carbocycles. The summed E-state index contributed by atoms with van der Waals surface area (Å²) in [4.78, 5) is 11.1. The van der Waals surface area contributed by atoms with Crippen LogP contribution >= 0.6 is 0 Å². The van der Waals surface area contributed by atoms with Gasteiger partial charge in [-0.15, -0.1) is 0 Å². The first-order chi connectivity index (χ1) is 12.0. The number of hydrogen-bond donors (Lipinski definition) is 0. The van der Waals surface area contributed by atoms with Gasteiger partial charge in [0.05, 0.1) is 0 Å². The molecule has 0 bridgehead atoms. The second kappa shape index (κ2) is 15.6. The number of esters is 1. The third kappa shape index (κ3) is 12.3. The van der Waals surface area contributed by atoms with Crippen molar-refractivity contribution in [2.75, 3.05) is 21.0 Å². The van der Waals surface area contributed by atoms with E-state index in [-0.39, 0.29) is 6.79 Å². The molecule has 0 radical (unpaired) electrons. The van der Waals surface area contributed by atoms with Crippen LogP contribution < -0.4 is 0 Å². The summed E-state index contributed by atoms with van der Waals surface area (Å²) < 4.78 is 21.5. The Kier molecular flexibility index (Phi) is 15.1. The highest BCUT2D eigenvalue weighted by Crippen LogP contribution is 2.23. The van der Waals surface area contributed by atoms with Crippen molar-refractivity contribution in [3.8, 4) is 0 Å². The molecule has 0 aromatic carbocycles. The van der Waals surface area contributed by atoms with Crippen LogP contribution in [0.15, 0.2) is 12.7 Å². The van der Waals surface area contributed by atoms with E-state index in [2.05, 4.69) is 20.4 Å². The predicted molar refractivity (Wildman–Crippen MR) is 103 cm³/mol. The van der Waals surface area contributed by atoms with Gasteiger partial charge in [0.15, 0.2) is 6.79 Å². The average molecular weight is 375 g/mol. The van der Waals surface area contributed by atoms with E-state index in [1.807, 2.05) is 0 Å². The maximum atomic E-state index is 11.1. The number of ether oxygens (including phenoxy) is 1. The normalized spacial score (nSPS) is 12.8. The van der Waals surface area contributed by atoms with E-state index in [9.17, 15) is 4.79 Å². The highest BCUT2D eigenvalue weighted by atomic mass is 28.4. The Labute approximate surface area is 155 Å². The van der Waals surface area contributed by atoms with E-state index >= 15 is 0 Å². The Morgan fingerprint density at radius 1 is 1.04 bits per heavy atom. The van der Waals surface area contributed by atoms with Gasteiger partial charge in [0.2, 0.25) is 0 Å². The van der Waals surface area contributed by atoms with E-state index in [0.29, 0.717) is 5.92 Å². The molecule has 0 saturated heterocycles. The van der Waals surface area contributed by atoms with Crippen molar-refractivity contribution in [1.82, 2.24) is 0 Å². The molecular weight excluding hydrogens is 336 g/mol. The van der Waals surface area contributed by atoms with Gasteiger partial charge < -0.3 is 18.0 Å². The lowest BCUT2D eigenvalue weighted by atomic mass is 10.00. The number of carbonyl (C=O) groups excluding carboxylic acids is 1. The molecule has 0 aliphatic heterocycles. The molecule has 0 spiro atoms. The molecular formula is C19H38O5Si. The van der Waals surface area contributed by atoms with Crippen LogP contribution in [-0.2, 0) is 22.8 Å². The van der Waals surface area contributed by atoms with E-state index in [1.165, 1.54) is 51.4 Å². The van der Waals surface area contributed by atoms with E-state index in [1.54, 1.807) is 14.2 Å². The smallest absolute Gasteiger partial charge is 0.436 e. The van der Waals surface area contributed by atoms with Crippen molar-refractivity contribution in [3.05, 3.63) is 12.7 Å². The fraction of sp³-hybridized carbons (Fsp3) is 0.842. The molecule has 148 valence electrons. The fourth-order valence-corrected chi connectivity index (χ4v) is 4.77. The third-order valence-corrected chi connectivity index (χ3v) is 7.22. The van der Waals surface area contributed by atoms with Crippen molar-refractivity contribution < 1.29 is 22.8 Å². The summed E-state index contributed by atoms with van der Waals surface area (Å²) >= 11 is 0. The van der Waals surface area contributed by atoms with E-state index < -0.39 is 14.8 Å². The first kappa shape index (κ1) is 24.3. The summed E-state index contributed by atoms with van der Waals surface area (Å²) in [6, 6.07) is 0.726. The van der Waals surface area contributed by atoms with Gasteiger partial charge in [0, 0.05) is 26.3 Å². The van der Waals surface area contributed by atoms with E-state index in [0.717, 1.165) is 18.5 Å². The summed E-state index contributed by atoms with van der Waals surface area (Å²) in [5, 5.41) is 0. The highest BCUT2D eigenvalue weighted by Gasteiger charge is 2.39. The molecule has 0 aliphatic rings. The molecule has 0 N–H and O–H groups in total. The monoisotopic (exact) mass is 374 g/mol. The highest BCUT2D eigenvalue weighted by molar-refractivity contribution is 6.60. The van der Waals surface area contributed by atoms with Crippen LogP contribution in [0, 0.1) is 5.92 Å². The molecule has 1 atom stereocenters. The predicted octanol–water partition coefficient (Wildman–Crippen LogP) is 5.09. The Hall–Kier alpha value is -0.693. The molecule has 6 heteroatoms. The lowest BCUT2D eigenvalue weighted by molar-refractivity contribution is -0.146. The zero-order valence-electron chi connectivity index (χ0n) is 16.7. The van der Waals surface area contributed by atoms with Crippen LogP contribution in [0.4, 0.5) is 0 Å². The van der Waals surface area contributed by atoms with Gasteiger partial charge in [-0.1, -0.05) is 71.8 Å². The zero-order chi connectivity index (χ0) is 19.0. The van der Waals surface area contributed by atoms with Crippen LogP contribution in [0.25, 0.3) is 0 Å². The molecule has 0 fully saturated rings. The van der Waals surface area contributed by atoms with Crippen molar-refractivity contribution in [1.29, 1.82) is 0 Å². The number of rotatable bonds is 17. The van der Waals surface area contributed by atoms with Crippen molar-refractivity contribution in [2.45, 2.75) is 77.7 Å². The van der Waals surface area contributed by atoms with Gasteiger partial charge in [0.1, 0.15) is 0 Å². The Balaban J connectivity index is 3.98. The SMILES string of the molecule is C=CC(=O)OCO[Si](CCC(C)CCCCCCCCC)(OC)OC. The second-order valence-electron chi connectivity index (χ2n) is 6.57. The van der Waals surface area contributed by atoms with Gasteiger partial charge >= 0.3 is 14.8 Å². The number of hydrogen-bond acceptors (Lipinski definition) is 5. The fourth-order valence-electron chi connectivity index (χ4n) is 2.73. The summed E-state index contributed by atoms with van der Waals surface area (Å²) in [6.45, 7) is 7.70. The third-order valence-electron chi connectivity index (χ3n) is 4.51. The number of carbonyl (C=O) groups is 1. The minimum absolute atomic E-state index is 0.162. The van der Waals surface area contributed by atoms with Crippen molar-refractivity contribution in [3.63, 3.8) is 0 Å². The van der Waals surface area contributed by atoms with Gasteiger partial charge in [-0.2, -0.15) is 0 Å². The molecule has 0 aromatic heterocycles. The quantitative estimate of drug-likeness (QED) is 0.117. The van der Waals surface area contributed by atoms with Gasteiger partial charge in [-0.05, 0) is 12.3 Å². The zero-order valence-corrected chi connectivity index (χ0v) is 17.7. The average Bonchev–Trinajstić information content (AvgIpc) is 2.63. The molecule has 25 heavy (non-hydrogen) atoms. The van der Waals surface area contributed by atoms with Crippen molar-refractivity contribution >= 4 is 14.8 Å². The Morgan fingerprint density at radius 2 is 1.64 bits per heavy atom. The molecule has 0 heterocycles. The maximum absolute atomic E-state index is 11.1. The maximum Gasteiger partial charge on any atom is 0.502 e. The summed E-state index contributed by atoms with van der Waals surface area (Å²) in [5.41, 5.74) is 0. The molecule has 0 amide bonds. The van der Waals surface area contributed by atoms with Crippen LogP contribution in [0.3, 0.4) is 0 Å². The lowest BCUT2D eigenvalue weighted by Crippen LogP contribution is -2.44. The first-order valence-electron chi connectivity index (χ1n) is 9.57. The molecule has 0 rings (SSSR count). The standard InChI is InChI=1S/C19H38O5Si/c1-6-8-9-10-11-12-13-14-18(3)15-16-25(21-4,22-5)24-17-23-19(20)7-2/h7,18H,2,6,8-17H2,1,3-5H3. The summed E-state index contributed by atoms with van der Waals surface area (Å²) in [6.07, 6.45) is 12.7. The minimum atomic E-state index is -2.77. The lowest BCUT2D eigenvalue weighted by Gasteiger charge is -2.27. The summed E-state index contributed by atoms with van der Waals surface area (Å²) in [7, 11) is 0.412. The molecule has 1 unspecified atom stereocenters. The Morgan fingerprint density at radius 3 is 2.20 bits per heavy atom. The van der Waals surface area contributed by atoms with Crippen LogP contribution in [0.1, 0.15) is 71.6 Å². The van der Waals surface area contributed by atoms with E-state index in [4.69, 9.17) is 18.0 Å². The van der Waals surface area contributed by atoms with Gasteiger partial charge in [0.25, 0.3) is 0 Å². The second-order valence-corrected chi connectivity index (χ2v) is 9.55. The topological polar surface area (TPSA) is 54.0 Å². The first-order valence-corrected chi connectivity index (χ1v) is 11.5. The molecule has 0 aliphatic carbocycles. The summed E-state index contributed by atoms with van der Waals surface area (Å²) in [5.74, 6) is 0.0922. The van der Waals surface area contributed by atoms with Crippen LogP contribution in [-0.4, -0.2) is 35.8 Å². The van der Waals surface area contributed by atoms with Gasteiger partial charge in [-0.25, -0.2) is 4.79 Å². The van der Waals surface area contributed by atoms with Crippen LogP contribution in [0.5, 0.6) is 0 Å². The van der Waals surface area contributed by atoms with Crippen LogP contribution in [0.2, 0.25) is 6.04 Å².